The largest absolute Gasteiger partial charge is 0.359 e. The zero-order chi connectivity index (χ0) is 10.8. The van der Waals surface area contributed by atoms with Crippen LogP contribution in [-0.4, -0.2) is 11.9 Å². The number of rotatable bonds is 3. The summed E-state index contributed by atoms with van der Waals surface area (Å²) in [4.78, 5) is 3.98. The summed E-state index contributed by atoms with van der Waals surface area (Å²) in [7, 11) is 0. The second-order valence-electron chi connectivity index (χ2n) is 3.88. The van der Waals surface area contributed by atoms with E-state index in [-0.39, 0.29) is 0 Å². The van der Waals surface area contributed by atoms with Gasteiger partial charge in [-0.15, -0.1) is 0 Å². The second kappa shape index (κ2) is 4.95. The van der Waals surface area contributed by atoms with Crippen LogP contribution >= 0.6 is 34.4 Å². The summed E-state index contributed by atoms with van der Waals surface area (Å²) in [5.41, 5.74) is 1.43. The summed E-state index contributed by atoms with van der Waals surface area (Å²) in [5.74, 6) is 0. The Morgan fingerprint density at radius 3 is 3.00 bits per heavy atom. The maximum absolute atomic E-state index is 2.53. The van der Waals surface area contributed by atoms with Gasteiger partial charge in [0.05, 0.1) is 11.1 Å². The predicted molar refractivity (Wildman–Crippen MR) is 76.7 cm³/mol. The van der Waals surface area contributed by atoms with E-state index >= 15 is 0 Å². The number of hydrogen-bond donors (Lipinski definition) is 0. The summed E-state index contributed by atoms with van der Waals surface area (Å²) >= 11 is 4.37. The van der Waals surface area contributed by atoms with Crippen LogP contribution in [0.2, 0.25) is 0 Å². The highest BCUT2D eigenvalue weighted by Gasteiger charge is 2.25. The lowest BCUT2D eigenvalue weighted by atomic mass is 10.2. The zero-order valence-electron chi connectivity index (χ0n) is 9.16. The molecule has 0 saturated heterocycles. The van der Waals surface area contributed by atoms with Crippen molar-refractivity contribution in [2.45, 2.75) is 37.0 Å². The number of thioether (sulfide) groups is 1. The number of nitrogens with zero attached hydrogens (tertiary/aromatic N) is 1. The number of unbranched alkanes of at least 4 members (excludes halogenated alkanes) is 1. The van der Waals surface area contributed by atoms with Crippen LogP contribution in [0.5, 0.6) is 0 Å². The van der Waals surface area contributed by atoms with E-state index in [0.29, 0.717) is 5.37 Å². The molecular weight excluding hydrogens is 317 g/mol. The fraction of sp³-hybridized carbons (Fsp3) is 0.500. The molecule has 0 saturated carbocycles. The number of anilines is 1. The van der Waals surface area contributed by atoms with Crippen molar-refractivity contribution in [2.24, 2.45) is 0 Å². The highest BCUT2D eigenvalue weighted by atomic mass is 127. The molecule has 1 heterocycles. The minimum Gasteiger partial charge on any atom is -0.359 e. The van der Waals surface area contributed by atoms with Gasteiger partial charge >= 0.3 is 0 Å². The molecule has 15 heavy (non-hydrogen) atoms. The molecule has 1 aromatic carbocycles. The van der Waals surface area contributed by atoms with E-state index in [4.69, 9.17) is 0 Å². The summed E-state index contributed by atoms with van der Waals surface area (Å²) in [6.45, 7) is 5.74. The second-order valence-corrected chi connectivity index (χ2v) is 6.48. The van der Waals surface area contributed by atoms with Crippen LogP contribution in [0.15, 0.2) is 23.1 Å². The van der Waals surface area contributed by atoms with Gasteiger partial charge in [0.15, 0.2) is 0 Å². The first-order chi connectivity index (χ1) is 7.22. The van der Waals surface area contributed by atoms with Crippen molar-refractivity contribution in [1.82, 2.24) is 0 Å². The van der Waals surface area contributed by atoms with Gasteiger partial charge in [0, 0.05) is 15.0 Å². The van der Waals surface area contributed by atoms with Crippen molar-refractivity contribution in [3.8, 4) is 0 Å². The highest BCUT2D eigenvalue weighted by Crippen LogP contribution is 2.43. The van der Waals surface area contributed by atoms with Crippen LogP contribution < -0.4 is 4.90 Å². The molecule has 1 nitrogen and oxygen atoms in total. The summed E-state index contributed by atoms with van der Waals surface area (Å²) in [5, 5.41) is 0.602. The van der Waals surface area contributed by atoms with Gasteiger partial charge in [0.1, 0.15) is 0 Å². The molecule has 0 amide bonds. The average Bonchev–Trinajstić information content (AvgIpc) is 2.50. The standard InChI is InChI=1S/C12H16INS/c1-3-4-7-14-9(2)15-12-8-10(13)5-6-11(12)14/h5-6,8-9H,3-4,7H2,1-2H3. The first-order valence-electron chi connectivity index (χ1n) is 5.45. The third kappa shape index (κ3) is 2.44. The Morgan fingerprint density at radius 1 is 1.47 bits per heavy atom. The maximum atomic E-state index is 2.53. The zero-order valence-corrected chi connectivity index (χ0v) is 12.1. The normalized spacial score (nSPS) is 19.4. The Balaban J connectivity index is 2.21. The molecule has 0 aromatic heterocycles. The molecule has 1 aromatic rings. The first-order valence-corrected chi connectivity index (χ1v) is 7.41. The lowest BCUT2D eigenvalue weighted by Gasteiger charge is -2.23. The van der Waals surface area contributed by atoms with Crippen LogP contribution in [0.3, 0.4) is 0 Å². The summed E-state index contributed by atoms with van der Waals surface area (Å²) in [6.07, 6.45) is 2.56. The molecule has 82 valence electrons. The van der Waals surface area contributed by atoms with Gasteiger partial charge in [0.2, 0.25) is 0 Å². The third-order valence-corrected chi connectivity index (χ3v) is 4.57. The minimum atomic E-state index is 0.602. The molecule has 0 bridgehead atoms. The van der Waals surface area contributed by atoms with E-state index in [0.717, 1.165) is 0 Å². The SMILES string of the molecule is CCCCN1c2ccc(I)cc2SC1C. The average molecular weight is 333 g/mol. The van der Waals surface area contributed by atoms with Gasteiger partial charge < -0.3 is 4.90 Å². The van der Waals surface area contributed by atoms with Gasteiger partial charge in [-0.3, -0.25) is 0 Å². The Bertz CT molecular complexity index is 353. The first kappa shape index (κ1) is 11.6. The van der Waals surface area contributed by atoms with Crippen molar-refractivity contribution in [2.75, 3.05) is 11.4 Å². The Labute approximate surface area is 110 Å². The smallest absolute Gasteiger partial charge is 0.0770 e. The van der Waals surface area contributed by atoms with E-state index in [1.54, 1.807) is 0 Å². The molecule has 0 aliphatic carbocycles. The van der Waals surface area contributed by atoms with Gasteiger partial charge in [-0.05, 0) is 54.1 Å². The molecule has 3 heteroatoms. The third-order valence-electron chi connectivity index (χ3n) is 2.72. The Kier molecular flexibility index (Phi) is 3.83. The molecule has 1 aliphatic rings. The molecule has 1 atom stereocenters. The maximum Gasteiger partial charge on any atom is 0.0770 e. The highest BCUT2D eigenvalue weighted by molar-refractivity contribution is 14.1. The Morgan fingerprint density at radius 2 is 2.27 bits per heavy atom. The van der Waals surface area contributed by atoms with E-state index < -0.39 is 0 Å². The van der Waals surface area contributed by atoms with Gasteiger partial charge in [-0.25, -0.2) is 0 Å². The Hall–Kier alpha value is 0.1000. The number of benzene rings is 1. The van der Waals surface area contributed by atoms with E-state index in [1.807, 2.05) is 11.8 Å². The summed E-state index contributed by atoms with van der Waals surface area (Å²) < 4.78 is 1.34. The molecule has 0 spiro atoms. The van der Waals surface area contributed by atoms with Crippen molar-refractivity contribution in [3.63, 3.8) is 0 Å². The van der Waals surface area contributed by atoms with Crippen LogP contribution in [0.4, 0.5) is 5.69 Å². The van der Waals surface area contributed by atoms with Crippen molar-refractivity contribution >= 4 is 40.0 Å². The van der Waals surface area contributed by atoms with Crippen LogP contribution in [0, 0.1) is 3.57 Å². The lowest BCUT2D eigenvalue weighted by Crippen LogP contribution is -2.27. The topological polar surface area (TPSA) is 3.24 Å². The van der Waals surface area contributed by atoms with Crippen molar-refractivity contribution < 1.29 is 0 Å². The van der Waals surface area contributed by atoms with Gasteiger partial charge in [-0.1, -0.05) is 25.1 Å². The van der Waals surface area contributed by atoms with E-state index in [9.17, 15) is 0 Å². The predicted octanol–water partition coefficient (Wildman–Crippen LogP) is 4.35. The molecule has 2 rings (SSSR count). The number of halogens is 1. The van der Waals surface area contributed by atoms with Gasteiger partial charge in [0.25, 0.3) is 0 Å². The van der Waals surface area contributed by atoms with Crippen LogP contribution in [0.1, 0.15) is 26.7 Å². The lowest BCUT2D eigenvalue weighted by molar-refractivity contribution is 0.717. The van der Waals surface area contributed by atoms with Crippen molar-refractivity contribution in [1.29, 1.82) is 0 Å². The fourth-order valence-corrected chi connectivity index (χ4v) is 3.81. The fourth-order valence-electron chi connectivity index (χ4n) is 1.89. The number of fused-ring (bicyclic) bond motifs is 1. The quantitative estimate of drug-likeness (QED) is 0.757. The molecule has 0 N–H and O–H groups in total. The molecule has 0 fully saturated rings. The van der Waals surface area contributed by atoms with Crippen LogP contribution in [-0.2, 0) is 0 Å². The monoisotopic (exact) mass is 333 g/mol. The van der Waals surface area contributed by atoms with Gasteiger partial charge in [-0.2, -0.15) is 0 Å². The summed E-state index contributed by atoms with van der Waals surface area (Å²) in [6, 6.07) is 6.77. The van der Waals surface area contributed by atoms with E-state index in [2.05, 4.69) is 59.5 Å². The molecule has 0 radical (unpaired) electrons. The molecule has 1 aliphatic heterocycles. The van der Waals surface area contributed by atoms with Crippen LogP contribution in [0.25, 0.3) is 0 Å². The van der Waals surface area contributed by atoms with E-state index in [1.165, 1.54) is 33.5 Å². The van der Waals surface area contributed by atoms with Crippen molar-refractivity contribution in [3.05, 3.63) is 21.8 Å². The minimum absolute atomic E-state index is 0.602. The molecular formula is C12H16INS. The number of hydrogen-bond acceptors (Lipinski definition) is 2. The molecule has 1 unspecified atom stereocenters.